The van der Waals surface area contributed by atoms with Gasteiger partial charge in [0, 0.05) is 0 Å². The summed E-state index contributed by atoms with van der Waals surface area (Å²) in [5.74, 6) is -1.89. The van der Waals surface area contributed by atoms with Gasteiger partial charge in [-0.15, -0.1) is 0 Å². The minimum atomic E-state index is -4.77. The summed E-state index contributed by atoms with van der Waals surface area (Å²) in [7, 11) is -4.77. The minimum Gasteiger partial charge on any atom is -0.458 e. The van der Waals surface area contributed by atoms with E-state index in [2.05, 4.69) is 13.8 Å². The molecule has 0 spiro atoms. The van der Waals surface area contributed by atoms with Crippen LogP contribution in [0.15, 0.2) is 47.4 Å². The first-order valence-corrected chi connectivity index (χ1v) is 15.5. The minimum absolute atomic E-state index is 0.0135. The van der Waals surface area contributed by atoms with Crippen LogP contribution >= 0.6 is 0 Å². The van der Waals surface area contributed by atoms with Gasteiger partial charge in [-0.25, -0.2) is 9.59 Å². The van der Waals surface area contributed by atoms with Gasteiger partial charge in [0.25, 0.3) is 10.1 Å². The van der Waals surface area contributed by atoms with Crippen molar-refractivity contribution in [2.24, 2.45) is 0 Å². The van der Waals surface area contributed by atoms with Crippen molar-refractivity contribution in [1.29, 1.82) is 0 Å². The Hall–Kier alpha value is -2.45. The van der Waals surface area contributed by atoms with Crippen LogP contribution in [0.4, 0.5) is 0 Å². The van der Waals surface area contributed by atoms with Crippen molar-refractivity contribution in [3.05, 3.63) is 53.6 Å². The van der Waals surface area contributed by atoms with Crippen molar-refractivity contribution in [1.82, 2.24) is 0 Å². The molecule has 0 aromatic heterocycles. The molecule has 0 aliphatic carbocycles. The molecule has 0 fully saturated rings. The average Bonchev–Trinajstić information content (AvgIpc) is 2.89. The van der Waals surface area contributed by atoms with Gasteiger partial charge in [-0.05, 0) is 37.8 Å². The summed E-state index contributed by atoms with van der Waals surface area (Å²) in [4.78, 5) is 24.7. The third kappa shape index (κ3) is 14.5. The first kappa shape index (κ1) is 33.6. The highest BCUT2D eigenvalue weighted by Crippen LogP contribution is 2.22. The molecule has 38 heavy (non-hydrogen) atoms. The van der Waals surface area contributed by atoms with Crippen LogP contribution in [0, 0.1) is 0 Å². The Kier molecular flexibility index (Phi) is 18.1. The summed E-state index contributed by atoms with van der Waals surface area (Å²) in [6, 6.07) is 3.60. The fraction of sp³-hybridized carbons (Fsp3) is 0.600. The molecule has 0 amide bonds. The Labute approximate surface area is 229 Å². The molecule has 0 heterocycles. The Morgan fingerprint density at radius 3 is 1.68 bits per heavy atom. The number of hydrogen-bond donors (Lipinski definition) is 1. The maximum absolute atomic E-state index is 12.8. The van der Waals surface area contributed by atoms with Crippen LogP contribution in [-0.4, -0.2) is 38.1 Å². The van der Waals surface area contributed by atoms with Crippen molar-refractivity contribution in [3.63, 3.8) is 0 Å². The molecule has 0 unspecified atom stereocenters. The number of benzene rings is 1. The monoisotopic (exact) mass is 550 g/mol. The predicted molar refractivity (Wildman–Crippen MR) is 151 cm³/mol. The number of rotatable bonds is 21. The molecule has 0 bridgehead atoms. The van der Waals surface area contributed by atoms with Crippen molar-refractivity contribution >= 4 is 22.1 Å². The topological polar surface area (TPSA) is 107 Å². The molecule has 0 saturated heterocycles. The average molecular weight is 551 g/mol. The van der Waals surface area contributed by atoms with Crippen LogP contribution in [0.1, 0.15) is 124 Å². The third-order valence-electron chi connectivity index (χ3n) is 6.13. The fourth-order valence-electron chi connectivity index (χ4n) is 3.98. The normalized spacial score (nSPS) is 11.9. The van der Waals surface area contributed by atoms with Gasteiger partial charge in [-0.1, -0.05) is 108 Å². The highest BCUT2D eigenvalue weighted by atomic mass is 32.2. The first-order chi connectivity index (χ1) is 18.3. The summed E-state index contributed by atoms with van der Waals surface area (Å²) in [6.45, 7) is 4.27. The van der Waals surface area contributed by atoms with E-state index in [-0.39, 0.29) is 18.8 Å². The molecule has 1 N–H and O–H groups in total. The predicted octanol–water partition coefficient (Wildman–Crippen LogP) is 7.86. The number of allylic oxidation sites excluding steroid dienone is 2. The van der Waals surface area contributed by atoms with Crippen LogP contribution < -0.4 is 0 Å². The Morgan fingerprint density at radius 2 is 1.18 bits per heavy atom. The molecular formula is C30H46O7S. The van der Waals surface area contributed by atoms with E-state index in [1.54, 1.807) is 12.2 Å². The van der Waals surface area contributed by atoms with E-state index in [1.807, 2.05) is 12.2 Å². The second kappa shape index (κ2) is 20.5. The van der Waals surface area contributed by atoms with Crippen molar-refractivity contribution < 1.29 is 32.0 Å². The zero-order valence-electron chi connectivity index (χ0n) is 23.2. The lowest BCUT2D eigenvalue weighted by atomic mass is 10.1. The fourth-order valence-corrected chi connectivity index (χ4v) is 4.68. The van der Waals surface area contributed by atoms with E-state index < -0.39 is 32.5 Å². The summed E-state index contributed by atoms with van der Waals surface area (Å²) < 4.78 is 43.8. The number of ether oxygens (including phenoxy) is 2. The smallest absolute Gasteiger partial charge is 0.340 e. The molecule has 0 saturated carbocycles. The number of hydrogen-bond acceptors (Lipinski definition) is 6. The molecule has 214 valence electrons. The summed E-state index contributed by atoms with van der Waals surface area (Å²) in [5, 5.41) is 0. The second-order valence-corrected chi connectivity index (χ2v) is 10.8. The van der Waals surface area contributed by atoms with E-state index in [0.717, 1.165) is 44.6 Å². The molecule has 1 rings (SSSR count). The third-order valence-corrected chi connectivity index (χ3v) is 7.03. The number of carbonyl (C=O) groups excluding carboxylic acids is 2. The van der Waals surface area contributed by atoms with E-state index >= 15 is 0 Å². The quantitative estimate of drug-likeness (QED) is 0.0718. The zero-order chi connectivity index (χ0) is 28.1. The van der Waals surface area contributed by atoms with Crippen LogP contribution in [0.3, 0.4) is 0 Å². The van der Waals surface area contributed by atoms with Crippen LogP contribution in [0.2, 0.25) is 0 Å². The van der Waals surface area contributed by atoms with E-state index in [1.165, 1.54) is 63.5 Å². The Bertz CT molecular complexity index is 980. The van der Waals surface area contributed by atoms with Crippen LogP contribution in [0.25, 0.3) is 0 Å². The molecule has 8 heteroatoms. The summed E-state index contributed by atoms with van der Waals surface area (Å²) in [5.41, 5.74) is -0.800. The summed E-state index contributed by atoms with van der Waals surface area (Å²) >= 11 is 0. The van der Waals surface area contributed by atoms with Gasteiger partial charge in [-0.2, -0.15) is 8.42 Å². The highest BCUT2D eigenvalue weighted by molar-refractivity contribution is 7.86. The lowest BCUT2D eigenvalue weighted by Gasteiger charge is -2.11. The zero-order valence-corrected chi connectivity index (χ0v) is 24.0. The molecule has 0 aliphatic heterocycles. The lowest BCUT2D eigenvalue weighted by Crippen LogP contribution is -2.18. The Balaban J connectivity index is 2.65. The van der Waals surface area contributed by atoms with E-state index in [0.29, 0.717) is 0 Å². The molecule has 0 atom stereocenters. The molecular weight excluding hydrogens is 504 g/mol. The van der Waals surface area contributed by atoms with Gasteiger partial charge in [0.1, 0.15) is 18.1 Å². The number of carbonyl (C=O) groups is 2. The van der Waals surface area contributed by atoms with Crippen LogP contribution in [0.5, 0.6) is 0 Å². The maximum Gasteiger partial charge on any atom is 0.340 e. The largest absolute Gasteiger partial charge is 0.458 e. The highest BCUT2D eigenvalue weighted by Gasteiger charge is 2.28. The molecule has 0 aliphatic rings. The SMILES string of the molecule is CCCCCCCC/C=C/COC(=O)c1cccc(S(=O)(=O)O)c1C(=O)OC/C=C/CCCCCCCC. The Morgan fingerprint density at radius 1 is 0.711 bits per heavy atom. The van der Waals surface area contributed by atoms with E-state index in [9.17, 15) is 22.6 Å². The van der Waals surface area contributed by atoms with Crippen LogP contribution in [-0.2, 0) is 19.6 Å². The van der Waals surface area contributed by atoms with Gasteiger partial charge in [0.2, 0.25) is 0 Å². The molecule has 1 aromatic rings. The van der Waals surface area contributed by atoms with Gasteiger partial charge in [0.05, 0.1) is 11.1 Å². The van der Waals surface area contributed by atoms with Crippen molar-refractivity contribution in [2.75, 3.05) is 13.2 Å². The maximum atomic E-state index is 12.8. The number of unbranched alkanes of at least 4 members (excludes halogenated alkanes) is 12. The van der Waals surface area contributed by atoms with Gasteiger partial charge in [-0.3, -0.25) is 4.55 Å². The van der Waals surface area contributed by atoms with Crippen molar-refractivity contribution in [3.8, 4) is 0 Å². The van der Waals surface area contributed by atoms with Crippen molar-refractivity contribution in [2.45, 2.75) is 109 Å². The molecule has 7 nitrogen and oxygen atoms in total. The second-order valence-electron chi connectivity index (χ2n) is 9.41. The van der Waals surface area contributed by atoms with Gasteiger partial charge in [0.15, 0.2) is 0 Å². The van der Waals surface area contributed by atoms with Gasteiger partial charge < -0.3 is 9.47 Å². The molecule has 1 aromatic carbocycles. The lowest BCUT2D eigenvalue weighted by molar-refractivity contribution is 0.0499. The standard InChI is InChI=1S/C30H46O7S/c1-3-5-7-9-11-13-15-17-19-24-36-29(31)26-22-21-23-27(38(33,34)35)28(26)30(32)37-25-20-18-16-14-12-10-8-6-4-2/h17-23H,3-16,24-25H2,1-2H3,(H,33,34,35)/b19-17+,20-18+. The van der Waals surface area contributed by atoms with E-state index in [4.69, 9.17) is 9.47 Å². The molecule has 0 radical (unpaired) electrons. The number of esters is 2. The summed E-state index contributed by atoms with van der Waals surface area (Å²) in [6.07, 6.45) is 23.3. The van der Waals surface area contributed by atoms with Gasteiger partial charge >= 0.3 is 11.9 Å². The first-order valence-electron chi connectivity index (χ1n) is 14.1.